The van der Waals surface area contributed by atoms with Gasteiger partial charge in [-0.2, -0.15) is 0 Å². The Morgan fingerprint density at radius 2 is 1.80 bits per heavy atom. The summed E-state index contributed by atoms with van der Waals surface area (Å²) in [5.41, 5.74) is 4.01. The molecule has 1 aliphatic rings. The maximum atomic E-state index is 12.6. The standard InChI is InChI=1S/C29H24BrClO4/c1-3-5-22-14-20(15-23-17-26(35-29(23)32)21-8-10-24(30)11-9-21)16-27(33-4-2)28(22)34-18-19-6-12-25(31)13-7-19/h3,6-17H,1,4-5,18H2,2H3/b23-15+. The minimum Gasteiger partial charge on any atom is -0.490 e. The van der Waals surface area contributed by atoms with E-state index in [-0.39, 0.29) is 0 Å². The summed E-state index contributed by atoms with van der Waals surface area (Å²) in [4.78, 5) is 12.6. The number of benzene rings is 3. The first-order valence-corrected chi connectivity index (χ1v) is 12.3. The van der Waals surface area contributed by atoms with E-state index in [0.717, 1.165) is 26.7 Å². The van der Waals surface area contributed by atoms with Gasteiger partial charge in [0.05, 0.1) is 12.2 Å². The van der Waals surface area contributed by atoms with Crippen molar-refractivity contribution in [1.82, 2.24) is 0 Å². The van der Waals surface area contributed by atoms with Crippen LogP contribution >= 0.6 is 27.5 Å². The second-order valence-electron chi connectivity index (χ2n) is 7.85. The van der Waals surface area contributed by atoms with Gasteiger partial charge in [-0.3, -0.25) is 0 Å². The van der Waals surface area contributed by atoms with Gasteiger partial charge < -0.3 is 14.2 Å². The number of cyclic esters (lactones) is 1. The predicted molar refractivity (Wildman–Crippen MR) is 143 cm³/mol. The van der Waals surface area contributed by atoms with Crippen LogP contribution in [-0.4, -0.2) is 12.6 Å². The average Bonchev–Trinajstić information content (AvgIpc) is 3.20. The zero-order valence-corrected chi connectivity index (χ0v) is 21.6. The molecule has 0 N–H and O–H groups in total. The first kappa shape index (κ1) is 24.8. The third kappa shape index (κ3) is 6.24. The number of carbonyl (C=O) groups is 1. The molecule has 4 nitrogen and oxygen atoms in total. The number of esters is 1. The van der Waals surface area contributed by atoms with Crippen molar-refractivity contribution in [1.29, 1.82) is 0 Å². The molecular weight excluding hydrogens is 528 g/mol. The first-order chi connectivity index (χ1) is 17.0. The van der Waals surface area contributed by atoms with Crippen LogP contribution in [0.1, 0.15) is 29.2 Å². The number of carbonyl (C=O) groups excluding carboxylic acids is 1. The largest absolute Gasteiger partial charge is 0.490 e. The number of ether oxygens (including phenoxy) is 3. The molecule has 3 aromatic rings. The highest BCUT2D eigenvalue weighted by Gasteiger charge is 2.22. The van der Waals surface area contributed by atoms with Gasteiger partial charge in [0.25, 0.3) is 0 Å². The lowest BCUT2D eigenvalue weighted by Gasteiger charge is -2.17. The van der Waals surface area contributed by atoms with Gasteiger partial charge in [0.1, 0.15) is 12.4 Å². The highest BCUT2D eigenvalue weighted by atomic mass is 79.9. The number of hydrogen-bond acceptors (Lipinski definition) is 4. The molecule has 0 amide bonds. The van der Waals surface area contributed by atoms with Gasteiger partial charge in [-0.1, -0.05) is 57.9 Å². The number of halogens is 2. The van der Waals surface area contributed by atoms with Crippen molar-refractivity contribution in [3.8, 4) is 11.5 Å². The molecule has 3 aromatic carbocycles. The van der Waals surface area contributed by atoms with Gasteiger partial charge in [-0.15, -0.1) is 6.58 Å². The van der Waals surface area contributed by atoms with Crippen molar-refractivity contribution >= 4 is 45.3 Å². The van der Waals surface area contributed by atoms with Crippen molar-refractivity contribution in [3.05, 3.63) is 117 Å². The molecule has 0 fully saturated rings. The minimum absolute atomic E-state index is 0.368. The van der Waals surface area contributed by atoms with Crippen molar-refractivity contribution in [3.63, 3.8) is 0 Å². The van der Waals surface area contributed by atoms with E-state index in [1.165, 1.54) is 0 Å². The van der Waals surface area contributed by atoms with E-state index in [0.29, 0.717) is 47.5 Å². The SMILES string of the molecule is C=CCc1cc(/C=C2\C=C(c3ccc(Br)cc3)OC2=O)cc(OCC)c1OCc1ccc(Cl)cc1. The molecule has 1 aliphatic heterocycles. The molecule has 0 bridgehead atoms. The quantitative estimate of drug-likeness (QED) is 0.155. The number of allylic oxidation sites excluding steroid dienone is 1. The van der Waals surface area contributed by atoms with E-state index < -0.39 is 5.97 Å². The van der Waals surface area contributed by atoms with E-state index in [9.17, 15) is 4.79 Å². The second kappa shape index (κ2) is 11.4. The van der Waals surface area contributed by atoms with Crippen LogP contribution in [0.5, 0.6) is 11.5 Å². The molecule has 4 rings (SSSR count). The Bertz CT molecular complexity index is 1290. The number of hydrogen-bond donors (Lipinski definition) is 0. The molecule has 178 valence electrons. The zero-order chi connectivity index (χ0) is 24.8. The first-order valence-electron chi connectivity index (χ1n) is 11.2. The summed E-state index contributed by atoms with van der Waals surface area (Å²) < 4.78 is 18.6. The topological polar surface area (TPSA) is 44.8 Å². The Balaban J connectivity index is 1.66. The van der Waals surface area contributed by atoms with Gasteiger partial charge in [-0.05, 0) is 73.0 Å². The fourth-order valence-corrected chi connectivity index (χ4v) is 4.05. The molecular formula is C29H24BrClO4. The summed E-state index contributed by atoms with van der Waals surface area (Å²) >= 11 is 9.41. The summed E-state index contributed by atoms with van der Waals surface area (Å²) in [5, 5.41) is 0.677. The van der Waals surface area contributed by atoms with E-state index >= 15 is 0 Å². The van der Waals surface area contributed by atoms with Crippen LogP contribution in [0.2, 0.25) is 5.02 Å². The van der Waals surface area contributed by atoms with E-state index in [4.69, 9.17) is 25.8 Å². The van der Waals surface area contributed by atoms with E-state index in [1.54, 1.807) is 12.2 Å². The number of rotatable bonds is 9. The van der Waals surface area contributed by atoms with Crippen molar-refractivity contribution in [2.75, 3.05) is 6.61 Å². The average molecular weight is 552 g/mol. The van der Waals surface area contributed by atoms with Crippen LogP contribution in [0.4, 0.5) is 0 Å². The van der Waals surface area contributed by atoms with Gasteiger partial charge >= 0.3 is 5.97 Å². The highest BCUT2D eigenvalue weighted by Crippen LogP contribution is 2.36. The van der Waals surface area contributed by atoms with Gasteiger partial charge in [0, 0.05) is 20.6 Å². The van der Waals surface area contributed by atoms with Gasteiger partial charge in [-0.25, -0.2) is 4.79 Å². The molecule has 0 radical (unpaired) electrons. The molecule has 0 saturated carbocycles. The highest BCUT2D eigenvalue weighted by molar-refractivity contribution is 9.10. The van der Waals surface area contributed by atoms with Crippen molar-refractivity contribution in [2.24, 2.45) is 0 Å². The lowest BCUT2D eigenvalue weighted by Crippen LogP contribution is -2.03. The third-order valence-electron chi connectivity index (χ3n) is 5.29. The molecule has 0 atom stereocenters. The summed E-state index contributed by atoms with van der Waals surface area (Å²) in [5.74, 6) is 1.39. The molecule has 0 spiro atoms. The van der Waals surface area contributed by atoms with Crippen LogP contribution in [-0.2, 0) is 22.6 Å². The third-order valence-corrected chi connectivity index (χ3v) is 6.07. The van der Waals surface area contributed by atoms with Crippen LogP contribution in [0, 0.1) is 0 Å². The molecule has 6 heteroatoms. The normalized spacial score (nSPS) is 14.0. The molecule has 35 heavy (non-hydrogen) atoms. The summed E-state index contributed by atoms with van der Waals surface area (Å²) in [6.07, 6.45) is 5.94. The van der Waals surface area contributed by atoms with E-state index in [1.807, 2.05) is 73.7 Å². The fourth-order valence-electron chi connectivity index (χ4n) is 3.66. The smallest absolute Gasteiger partial charge is 0.343 e. The maximum Gasteiger partial charge on any atom is 0.343 e. The molecule has 0 unspecified atom stereocenters. The Kier molecular flexibility index (Phi) is 8.11. The zero-order valence-electron chi connectivity index (χ0n) is 19.2. The van der Waals surface area contributed by atoms with Crippen LogP contribution in [0.3, 0.4) is 0 Å². The molecule has 1 heterocycles. The summed E-state index contributed by atoms with van der Waals surface area (Å²) in [6, 6.07) is 19.0. The Hall–Kier alpha value is -3.28. The Morgan fingerprint density at radius 1 is 1.06 bits per heavy atom. The lowest BCUT2D eigenvalue weighted by atomic mass is 10.0. The second-order valence-corrected chi connectivity index (χ2v) is 9.21. The summed E-state index contributed by atoms with van der Waals surface area (Å²) in [6.45, 7) is 6.64. The Morgan fingerprint density at radius 3 is 2.49 bits per heavy atom. The predicted octanol–water partition coefficient (Wildman–Crippen LogP) is 7.79. The lowest BCUT2D eigenvalue weighted by molar-refractivity contribution is -0.130. The van der Waals surface area contributed by atoms with Crippen LogP contribution < -0.4 is 9.47 Å². The van der Waals surface area contributed by atoms with Crippen LogP contribution in [0.15, 0.2) is 89.4 Å². The van der Waals surface area contributed by atoms with Crippen molar-refractivity contribution < 1.29 is 19.0 Å². The summed E-state index contributed by atoms with van der Waals surface area (Å²) in [7, 11) is 0. The van der Waals surface area contributed by atoms with Crippen LogP contribution in [0.25, 0.3) is 11.8 Å². The van der Waals surface area contributed by atoms with E-state index in [2.05, 4.69) is 22.5 Å². The minimum atomic E-state index is -0.394. The molecule has 0 aliphatic carbocycles. The fraction of sp³-hybridized carbons (Fsp3) is 0.138. The maximum absolute atomic E-state index is 12.6. The Labute approximate surface area is 218 Å². The monoisotopic (exact) mass is 550 g/mol. The molecule has 0 aromatic heterocycles. The van der Waals surface area contributed by atoms with Gasteiger partial charge in [0.15, 0.2) is 11.5 Å². The van der Waals surface area contributed by atoms with Crippen molar-refractivity contribution in [2.45, 2.75) is 20.0 Å². The molecule has 0 saturated heterocycles. The van der Waals surface area contributed by atoms with Gasteiger partial charge in [0.2, 0.25) is 0 Å².